The number of fused-ring (bicyclic) bond motifs is 3. The lowest BCUT2D eigenvalue weighted by Crippen LogP contribution is -2.28. The topological polar surface area (TPSA) is 86.5 Å². The van der Waals surface area contributed by atoms with Crippen LogP contribution in [0.25, 0.3) is 53.9 Å². The highest BCUT2D eigenvalue weighted by Gasteiger charge is 2.32. The van der Waals surface area contributed by atoms with Gasteiger partial charge in [-0.15, -0.1) is 11.3 Å². The molecule has 0 spiro atoms. The zero-order chi connectivity index (χ0) is 31.5. The van der Waals surface area contributed by atoms with Crippen molar-refractivity contribution in [3.05, 3.63) is 89.6 Å². The van der Waals surface area contributed by atoms with Gasteiger partial charge in [0.25, 0.3) is 0 Å². The number of aromatic nitrogens is 3. The Labute approximate surface area is 266 Å². The van der Waals surface area contributed by atoms with Crippen molar-refractivity contribution in [2.45, 2.75) is 52.2 Å². The first kappa shape index (κ1) is 29.2. The quantitative estimate of drug-likeness (QED) is 0.201. The van der Waals surface area contributed by atoms with Gasteiger partial charge in [-0.3, -0.25) is 4.68 Å². The maximum absolute atomic E-state index is 12.8. The van der Waals surface area contributed by atoms with E-state index in [1.807, 2.05) is 63.8 Å². The third-order valence-corrected chi connectivity index (χ3v) is 9.41. The highest BCUT2D eigenvalue weighted by molar-refractivity contribution is 7.22. The van der Waals surface area contributed by atoms with Crippen molar-refractivity contribution < 1.29 is 19.4 Å². The first-order valence-corrected chi connectivity index (χ1v) is 16.0. The average molecular weight is 618 g/mol. The minimum atomic E-state index is -1.15. The van der Waals surface area contributed by atoms with Crippen LogP contribution < -0.4 is 4.74 Å². The molecule has 45 heavy (non-hydrogen) atoms. The Kier molecular flexibility index (Phi) is 7.22. The Morgan fingerprint density at radius 3 is 2.60 bits per heavy atom. The molecule has 0 bridgehead atoms. The van der Waals surface area contributed by atoms with Gasteiger partial charge in [-0.1, -0.05) is 30.3 Å². The summed E-state index contributed by atoms with van der Waals surface area (Å²) in [5, 5.41) is 16.8. The van der Waals surface area contributed by atoms with E-state index in [1.165, 1.54) is 0 Å². The fraction of sp³-hybridized carbons (Fsp3) is 0.270. The SMILES string of the molecule is Cc1cc2nc(-c3cccc(-c4ccc5c(cnn5C)c4)c3)sc2c(-c2ccc3c(c2)CCCO3)c1C(OC(C)(C)C)C(=O)O. The lowest BCUT2D eigenvalue weighted by Gasteiger charge is -2.28. The molecule has 0 amide bonds. The van der Waals surface area contributed by atoms with Gasteiger partial charge < -0.3 is 14.6 Å². The van der Waals surface area contributed by atoms with E-state index >= 15 is 0 Å². The van der Waals surface area contributed by atoms with Gasteiger partial charge in [-0.25, -0.2) is 9.78 Å². The van der Waals surface area contributed by atoms with E-state index < -0.39 is 17.7 Å². The average Bonchev–Trinajstić information content (AvgIpc) is 3.61. The maximum Gasteiger partial charge on any atom is 0.337 e. The molecule has 0 radical (unpaired) electrons. The van der Waals surface area contributed by atoms with Crippen molar-refractivity contribution >= 4 is 38.4 Å². The molecule has 2 aromatic heterocycles. The molecule has 0 fully saturated rings. The van der Waals surface area contributed by atoms with Crippen LogP contribution in [0.15, 0.2) is 72.9 Å². The first-order valence-electron chi connectivity index (χ1n) is 15.2. The Bertz CT molecular complexity index is 2100. The van der Waals surface area contributed by atoms with Crippen LogP contribution in [0.2, 0.25) is 0 Å². The van der Waals surface area contributed by atoms with Crippen LogP contribution in [-0.4, -0.2) is 38.0 Å². The lowest BCUT2D eigenvalue weighted by molar-refractivity contribution is -0.160. The lowest BCUT2D eigenvalue weighted by atomic mass is 9.89. The van der Waals surface area contributed by atoms with Crippen LogP contribution >= 0.6 is 11.3 Å². The molecule has 228 valence electrons. The molecular weight excluding hydrogens is 582 g/mol. The molecule has 3 heterocycles. The normalized spacial score (nSPS) is 14.0. The number of aliphatic carboxylic acids is 1. The summed E-state index contributed by atoms with van der Waals surface area (Å²) >= 11 is 1.58. The molecule has 6 aromatic rings. The van der Waals surface area contributed by atoms with Crippen molar-refractivity contribution in [1.82, 2.24) is 14.8 Å². The third kappa shape index (κ3) is 5.49. The fourth-order valence-electron chi connectivity index (χ4n) is 6.24. The van der Waals surface area contributed by atoms with Crippen LogP contribution in [0.1, 0.15) is 50.0 Å². The zero-order valence-electron chi connectivity index (χ0n) is 26.0. The summed E-state index contributed by atoms with van der Waals surface area (Å²) in [4.78, 5) is 17.9. The van der Waals surface area contributed by atoms with E-state index in [4.69, 9.17) is 14.5 Å². The zero-order valence-corrected chi connectivity index (χ0v) is 26.9. The predicted molar refractivity (Wildman–Crippen MR) is 180 cm³/mol. The minimum Gasteiger partial charge on any atom is -0.493 e. The number of hydrogen-bond donors (Lipinski definition) is 1. The van der Waals surface area contributed by atoms with Crippen molar-refractivity contribution in [3.63, 3.8) is 0 Å². The molecule has 0 saturated carbocycles. The Morgan fingerprint density at radius 2 is 1.80 bits per heavy atom. The summed E-state index contributed by atoms with van der Waals surface area (Å²) in [5.74, 6) is -0.125. The second kappa shape index (κ2) is 11.1. The number of carboxylic acid groups (broad SMARTS) is 1. The van der Waals surface area contributed by atoms with Crippen LogP contribution in [0, 0.1) is 6.92 Å². The van der Waals surface area contributed by atoms with Gasteiger partial charge >= 0.3 is 5.97 Å². The summed E-state index contributed by atoms with van der Waals surface area (Å²) in [6.45, 7) is 8.32. The van der Waals surface area contributed by atoms with E-state index in [-0.39, 0.29) is 0 Å². The summed E-state index contributed by atoms with van der Waals surface area (Å²) in [5.41, 5.74) is 8.89. The number of nitrogens with zero attached hydrogens (tertiary/aromatic N) is 3. The molecule has 7 rings (SSSR count). The molecule has 1 aliphatic rings. The molecule has 8 heteroatoms. The van der Waals surface area contributed by atoms with Crippen LogP contribution in [0.3, 0.4) is 0 Å². The van der Waals surface area contributed by atoms with Gasteiger partial charge in [-0.2, -0.15) is 5.10 Å². The Morgan fingerprint density at radius 1 is 1.02 bits per heavy atom. The minimum absolute atomic E-state index is 0.662. The second-order valence-electron chi connectivity index (χ2n) is 12.7. The van der Waals surface area contributed by atoms with E-state index in [0.717, 1.165) is 83.7 Å². The number of benzene rings is 4. The smallest absolute Gasteiger partial charge is 0.337 e. The monoisotopic (exact) mass is 617 g/mol. The Hall–Kier alpha value is -4.53. The highest BCUT2D eigenvalue weighted by atomic mass is 32.1. The van der Waals surface area contributed by atoms with E-state index in [0.29, 0.717) is 12.2 Å². The number of hydrogen-bond acceptors (Lipinski definition) is 6. The largest absolute Gasteiger partial charge is 0.493 e. The molecule has 1 aliphatic heterocycles. The molecular formula is C37H35N3O4S. The van der Waals surface area contributed by atoms with Crippen molar-refractivity contribution in [2.24, 2.45) is 7.05 Å². The van der Waals surface area contributed by atoms with Gasteiger partial charge in [0.2, 0.25) is 0 Å². The van der Waals surface area contributed by atoms with Crippen molar-refractivity contribution in [1.29, 1.82) is 0 Å². The third-order valence-electron chi connectivity index (χ3n) is 8.27. The van der Waals surface area contributed by atoms with Crippen molar-refractivity contribution in [2.75, 3.05) is 6.61 Å². The van der Waals surface area contributed by atoms with Gasteiger partial charge in [0.1, 0.15) is 10.8 Å². The highest BCUT2D eigenvalue weighted by Crippen LogP contribution is 2.45. The molecule has 0 saturated heterocycles. The molecule has 0 aliphatic carbocycles. The van der Waals surface area contributed by atoms with E-state index in [2.05, 4.69) is 53.6 Å². The van der Waals surface area contributed by atoms with Gasteiger partial charge in [-0.05, 0) is 105 Å². The standard InChI is InChI=1S/C37H35N3O4S/c1-21-16-28-34(45-35(39-28)26-9-6-8-22(17-26)23-11-13-29-27(18-23)20-38-40(29)5)32(31(21)33(36(41)42)44-37(2,3)4)25-12-14-30-24(19-25)10-7-15-43-30/h6,8-9,11-14,16-20,33H,7,10,15H2,1-5H3,(H,41,42). The second-order valence-corrected chi connectivity index (χ2v) is 13.7. The Balaban J connectivity index is 1.41. The van der Waals surface area contributed by atoms with Crippen LogP contribution in [0.5, 0.6) is 5.75 Å². The van der Waals surface area contributed by atoms with Crippen molar-refractivity contribution in [3.8, 4) is 38.6 Å². The number of aryl methyl sites for hydroxylation is 3. The van der Waals surface area contributed by atoms with E-state index in [9.17, 15) is 9.90 Å². The number of thiazole rings is 1. The number of carboxylic acids is 1. The van der Waals surface area contributed by atoms with Gasteiger partial charge in [0.05, 0.1) is 34.1 Å². The predicted octanol–water partition coefficient (Wildman–Crippen LogP) is 8.76. The summed E-state index contributed by atoms with van der Waals surface area (Å²) in [6.07, 6.45) is 2.61. The summed E-state index contributed by atoms with van der Waals surface area (Å²) in [7, 11) is 1.95. The van der Waals surface area contributed by atoms with Crippen LogP contribution in [0.4, 0.5) is 0 Å². The fourth-order valence-corrected chi connectivity index (χ4v) is 7.36. The molecule has 1 N–H and O–H groups in total. The first-order chi connectivity index (χ1) is 21.6. The summed E-state index contributed by atoms with van der Waals surface area (Å²) in [6, 6.07) is 23.0. The number of rotatable bonds is 6. The molecule has 1 atom stereocenters. The number of ether oxygens (including phenoxy) is 2. The van der Waals surface area contributed by atoms with E-state index in [1.54, 1.807) is 11.3 Å². The molecule has 4 aromatic carbocycles. The molecule has 7 nitrogen and oxygen atoms in total. The van der Waals surface area contributed by atoms with Gasteiger partial charge in [0, 0.05) is 29.1 Å². The molecule has 1 unspecified atom stereocenters. The maximum atomic E-state index is 12.8. The van der Waals surface area contributed by atoms with Gasteiger partial charge in [0.15, 0.2) is 6.10 Å². The number of carbonyl (C=O) groups is 1. The summed E-state index contributed by atoms with van der Waals surface area (Å²) < 4.78 is 15.0. The van der Waals surface area contributed by atoms with Crippen LogP contribution in [-0.2, 0) is 23.0 Å².